The molecule has 1 saturated carbocycles. The van der Waals surface area contributed by atoms with Gasteiger partial charge in [0, 0.05) is 24.7 Å². The van der Waals surface area contributed by atoms with Crippen molar-refractivity contribution in [3.8, 4) is 0 Å². The highest BCUT2D eigenvalue weighted by atomic mass is 35.5. The lowest BCUT2D eigenvalue weighted by Crippen LogP contribution is -2.57. The SMILES string of the molecule is CN(CC1(N(C)C)CCC1)C(CN)c1ccc(Cl)c(F)c1. The van der Waals surface area contributed by atoms with Gasteiger partial charge in [-0.05, 0) is 58.1 Å². The second kappa shape index (κ2) is 6.61. The summed E-state index contributed by atoms with van der Waals surface area (Å²) in [6.45, 7) is 1.40. The zero-order valence-corrected chi connectivity index (χ0v) is 13.8. The molecule has 1 aliphatic carbocycles. The van der Waals surface area contributed by atoms with Crippen LogP contribution < -0.4 is 5.73 Å². The molecular formula is C16H25ClFN3. The first kappa shape index (κ1) is 16.7. The molecule has 1 fully saturated rings. The molecule has 0 heterocycles. The van der Waals surface area contributed by atoms with Gasteiger partial charge in [0.15, 0.2) is 0 Å². The minimum Gasteiger partial charge on any atom is -0.329 e. The standard InChI is InChI=1S/C16H25ClFN3/c1-20(2)16(7-4-8-16)11-21(3)15(10-19)12-5-6-13(17)14(18)9-12/h5-6,9,15H,4,7-8,10-11,19H2,1-3H3. The third kappa shape index (κ3) is 3.39. The van der Waals surface area contributed by atoms with Crippen molar-refractivity contribution in [3.05, 3.63) is 34.6 Å². The molecule has 0 bridgehead atoms. The molecule has 2 rings (SSSR count). The van der Waals surface area contributed by atoms with Crippen LogP contribution in [0.25, 0.3) is 0 Å². The molecule has 118 valence electrons. The number of nitrogens with two attached hydrogens (primary N) is 1. The molecule has 0 radical (unpaired) electrons. The van der Waals surface area contributed by atoms with Gasteiger partial charge in [-0.25, -0.2) is 4.39 Å². The highest BCUT2D eigenvalue weighted by molar-refractivity contribution is 6.30. The quantitative estimate of drug-likeness (QED) is 0.876. The molecule has 3 nitrogen and oxygen atoms in total. The number of benzene rings is 1. The van der Waals surface area contributed by atoms with Crippen molar-refractivity contribution >= 4 is 11.6 Å². The van der Waals surface area contributed by atoms with Gasteiger partial charge in [-0.3, -0.25) is 4.90 Å². The zero-order chi connectivity index (χ0) is 15.6. The van der Waals surface area contributed by atoms with E-state index in [4.69, 9.17) is 17.3 Å². The monoisotopic (exact) mass is 313 g/mol. The summed E-state index contributed by atoms with van der Waals surface area (Å²) in [6, 6.07) is 4.98. The Kier molecular flexibility index (Phi) is 5.25. The van der Waals surface area contributed by atoms with Gasteiger partial charge >= 0.3 is 0 Å². The molecular weight excluding hydrogens is 289 g/mol. The number of halogens is 2. The summed E-state index contributed by atoms with van der Waals surface area (Å²) in [5.41, 5.74) is 7.05. The number of hydrogen-bond acceptors (Lipinski definition) is 3. The van der Waals surface area contributed by atoms with Crippen LogP contribution in [0.1, 0.15) is 30.9 Å². The number of nitrogens with zero attached hydrogens (tertiary/aromatic N) is 2. The van der Waals surface area contributed by atoms with E-state index >= 15 is 0 Å². The van der Waals surface area contributed by atoms with Crippen LogP contribution in [-0.4, -0.2) is 49.6 Å². The highest BCUT2D eigenvalue weighted by Crippen LogP contribution is 2.38. The van der Waals surface area contributed by atoms with Crippen LogP contribution in [-0.2, 0) is 0 Å². The van der Waals surface area contributed by atoms with E-state index in [2.05, 4.69) is 30.9 Å². The van der Waals surface area contributed by atoms with Gasteiger partial charge in [0.05, 0.1) is 5.02 Å². The molecule has 2 N–H and O–H groups in total. The van der Waals surface area contributed by atoms with Crippen molar-refractivity contribution in [2.45, 2.75) is 30.8 Å². The normalized spacial score (nSPS) is 18.9. The Balaban J connectivity index is 2.14. The average Bonchev–Trinajstić information content (AvgIpc) is 2.38. The molecule has 5 heteroatoms. The van der Waals surface area contributed by atoms with Gasteiger partial charge in [0.1, 0.15) is 5.82 Å². The van der Waals surface area contributed by atoms with Gasteiger partial charge in [0.25, 0.3) is 0 Å². The van der Waals surface area contributed by atoms with E-state index in [1.54, 1.807) is 6.07 Å². The fourth-order valence-electron chi connectivity index (χ4n) is 3.20. The minimum absolute atomic E-state index is 0.00851. The van der Waals surface area contributed by atoms with Crippen molar-refractivity contribution in [1.29, 1.82) is 0 Å². The third-order valence-corrected chi connectivity index (χ3v) is 5.17. The Morgan fingerprint density at radius 1 is 1.33 bits per heavy atom. The molecule has 1 atom stereocenters. The fourth-order valence-corrected chi connectivity index (χ4v) is 3.31. The number of rotatable bonds is 6. The van der Waals surface area contributed by atoms with Crippen molar-refractivity contribution in [3.63, 3.8) is 0 Å². The summed E-state index contributed by atoms with van der Waals surface area (Å²) in [5.74, 6) is -0.382. The van der Waals surface area contributed by atoms with Gasteiger partial charge in [-0.15, -0.1) is 0 Å². The Bertz CT molecular complexity index is 488. The molecule has 0 spiro atoms. The molecule has 1 unspecified atom stereocenters. The maximum absolute atomic E-state index is 13.7. The number of hydrogen-bond donors (Lipinski definition) is 1. The fraction of sp³-hybridized carbons (Fsp3) is 0.625. The Hall–Kier alpha value is -0.680. The summed E-state index contributed by atoms with van der Waals surface area (Å²) in [7, 11) is 6.33. The van der Waals surface area contributed by atoms with E-state index in [9.17, 15) is 4.39 Å². The van der Waals surface area contributed by atoms with E-state index in [0.29, 0.717) is 6.54 Å². The van der Waals surface area contributed by atoms with Crippen LogP contribution in [0.4, 0.5) is 4.39 Å². The summed E-state index contributed by atoms with van der Waals surface area (Å²) in [6.07, 6.45) is 3.68. The summed E-state index contributed by atoms with van der Waals surface area (Å²) >= 11 is 5.76. The average molecular weight is 314 g/mol. The lowest BCUT2D eigenvalue weighted by atomic mass is 9.75. The van der Waals surface area contributed by atoms with E-state index < -0.39 is 0 Å². The Morgan fingerprint density at radius 3 is 2.43 bits per heavy atom. The largest absolute Gasteiger partial charge is 0.329 e. The predicted octanol–water partition coefficient (Wildman–Crippen LogP) is 2.90. The number of likely N-dealkylation sites (N-methyl/N-ethyl adjacent to an activating group) is 2. The van der Waals surface area contributed by atoms with Crippen molar-refractivity contribution in [2.75, 3.05) is 34.2 Å². The second-order valence-corrected chi connectivity index (χ2v) is 6.72. The first-order chi connectivity index (χ1) is 9.89. The maximum atomic E-state index is 13.7. The zero-order valence-electron chi connectivity index (χ0n) is 13.1. The van der Waals surface area contributed by atoms with Crippen LogP contribution in [0.15, 0.2) is 18.2 Å². The van der Waals surface area contributed by atoms with Gasteiger partial charge in [-0.1, -0.05) is 17.7 Å². The summed E-state index contributed by atoms with van der Waals surface area (Å²) in [4.78, 5) is 4.55. The van der Waals surface area contributed by atoms with Crippen LogP contribution in [0.3, 0.4) is 0 Å². The second-order valence-electron chi connectivity index (χ2n) is 6.31. The van der Waals surface area contributed by atoms with E-state index in [-0.39, 0.29) is 22.4 Å². The first-order valence-electron chi connectivity index (χ1n) is 7.42. The Labute approximate surface area is 131 Å². The molecule has 21 heavy (non-hydrogen) atoms. The molecule has 0 aromatic heterocycles. The smallest absolute Gasteiger partial charge is 0.142 e. The molecule has 0 amide bonds. The van der Waals surface area contributed by atoms with Crippen LogP contribution in [0.2, 0.25) is 5.02 Å². The van der Waals surface area contributed by atoms with Crippen LogP contribution >= 0.6 is 11.6 Å². The topological polar surface area (TPSA) is 32.5 Å². The molecule has 1 aromatic rings. The van der Waals surface area contributed by atoms with E-state index in [1.807, 2.05) is 6.07 Å². The van der Waals surface area contributed by atoms with Crippen molar-refractivity contribution in [2.24, 2.45) is 5.73 Å². The maximum Gasteiger partial charge on any atom is 0.142 e. The lowest BCUT2D eigenvalue weighted by molar-refractivity contribution is 0.0167. The van der Waals surface area contributed by atoms with Gasteiger partial charge in [-0.2, -0.15) is 0 Å². The molecule has 1 aliphatic rings. The molecule has 0 aliphatic heterocycles. The van der Waals surface area contributed by atoms with E-state index in [0.717, 1.165) is 12.1 Å². The lowest BCUT2D eigenvalue weighted by Gasteiger charge is -2.50. The Morgan fingerprint density at radius 2 is 2.00 bits per heavy atom. The predicted molar refractivity (Wildman–Crippen MR) is 86.1 cm³/mol. The summed E-state index contributed by atoms with van der Waals surface area (Å²) in [5, 5.41) is 0.154. The van der Waals surface area contributed by atoms with Gasteiger partial charge in [0.2, 0.25) is 0 Å². The first-order valence-corrected chi connectivity index (χ1v) is 7.80. The van der Waals surface area contributed by atoms with E-state index in [1.165, 1.54) is 25.3 Å². The summed E-state index contributed by atoms with van der Waals surface area (Å²) < 4.78 is 13.7. The molecule has 0 saturated heterocycles. The van der Waals surface area contributed by atoms with Crippen LogP contribution in [0, 0.1) is 5.82 Å². The van der Waals surface area contributed by atoms with Crippen LogP contribution in [0.5, 0.6) is 0 Å². The third-order valence-electron chi connectivity index (χ3n) is 4.86. The highest BCUT2D eigenvalue weighted by Gasteiger charge is 2.40. The van der Waals surface area contributed by atoms with Crippen molar-refractivity contribution < 1.29 is 4.39 Å². The van der Waals surface area contributed by atoms with Gasteiger partial charge < -0.3 is 10.6 Å². The minimum atomic E-state index is -0.382. The van der Waals surface area contributed by atoms with Crippen molar-refractivity contribution in [1.82, 2.24) is 9.80 Å². The molecule has 1 aromatic carbocycles.